The maximum absolute atomic E-state index is 14.0. The van der Waals surface area contributed by atoms with Gasteiger partial charge in [-0.05, 0) is 38.8 Å². The van der Waals surface area contributed by atoms with Crippen LogP contribution in [0.2, 0.25) is 0 Å². The van der Waals surface area contributed by atoms with E-state index in [1.165, 1.54) is 6.07 Å². The van der Waals surface area contributed by atoms with Crippen LogP contribution in [-0.2, 0) is 5.41 Å². The molecule has 2 nitrogen and oxygen atoms in total. The molecule has 0 saturated heterocycles. The van der Waals surface area contributed by atoms with E-state index in [1.54, 1.807) is 19.2 Å². The minimum absolute atomic E-state index is 0.213. The van der Waals surface area contributed by atoms with E-state index in [0.717, 1.165) is 12.8 Å². The maximum atomic E-state index is 14.0. The normalized spacial score (nSPS) is 18.3. The first-order chi connectivity index (χ1) is 7.42. The summed E-state index contributed by atoms with van der Waals surface area (Å²) in [5.74, 6) is 0.395. The number of methoxy groups -OCH3 is 1. The smallest absolute Gasteiger partial charge is 0.130 e. The van der Waals surface area contributed by atoms with Crippen LogP contribution in [0, 0.1) is 5.82 Å². The molecule has 88 valence electrons. The summed E-state index contributed by atoms with van der Waals surface area (Å²) in [5.41, 5.74) is 6.13. The molecule has 3 heteroatoms. The Hall–Kier alpha value is -1.09. The molecule has 2 N–H and O–H groups in total. The van der Waals surface area contributed by atoms with E-state index in [1.807, 2.05) is 13.8 Å². The Labute approximate surface area is 95.6 Å². The topological polar surface area (TPSA) is 35.2 Å². The summed E-state index contributed by atoms with van der Waals surface area (Å²) in [6.45, 7) is 3.90. The van der Waals surface area contributed by atoms with Crippen LogP contribution < -0.4 is 10.5 Å². The van der Waals surface area contributed by atoms with Gasteiger partial charge in [0, 0.05) is 16.5 Å². The Morgan fingerprint density at radius 1 is 1.38 bits per heavy atom. The van der Waals surface area contributed by atoms with E-state index in [0.29, 0.717) is 11.3 Å². The van der Waals surface area contributed by atoms with Crippen molar-refractivity contribution in [1.29, 1.82) is 0 Å². The minimum Gasteiger partial charge on any atom is -0.496 e. The summed E-state index contributed by atoms with van der Waals surface area (Å²) in [6, 6.07) is 4.94. The van der Waals surface area contributed by atoms with Crippen molar-refractivity contribution >= 4 is 0 Å². The van der Waals surface area contributed by atoms with Crippen molar-refractivity contribution in [1.82, 2.24) is 0 Å². The summed E-state index contributed by atoms with van der Waals surface area (Å²) in [7, 11) is 1.57. The van der Waals surface area contributed by atoms with E-state index in [4.69, 9.17) is 10.5 Å². The second kappa shape index (κ2) is 3.45. The van der Waals surface area contributed by atoms with Gasteiger partial charge in [-0.2, -0.15) is 0 Å². The minimum atomic E-state index is -0.428. The maximum Gasteiger partial charge on any atom is 0.130 e. The number of halogens is 1. The highest BCUT2D eigenvalue weighted by Crippen LogP contribution is 2.57. The van der Waals surface area contributed by atoms with Gasteiger partial charge in [0.05, 0.1) is 7.11 Å². The molecule has 0 bridgehead atoms. The molecule has 2 rings (SSSR count). The van der Waals surface area contributed by atoms with Gasteiger partial charge in [-0.1, -0.05) is 6.07 Å². The number of nitrogens with two attached hydrogens (primary N) is 1. The summed E-state index contributed by atoms with van der Waals surface area (Å²) < 4.78 is 19.2. The van der Waals surface area contributed by atoms with Crippen LogP contribution in [0.15, 0.2) is 18.2 Å². The fourth-order valence-corrected chi connectivity index (χ4v) is 2.48. The van der Waals surface area contributed by atoms with Crippen LogP contribution >= 0.6 is 0 Å². The van der Waals surface area contributed by atoms with E-state index in [9.17, 15) is 4.39 Å². The highest BCUT2D eigenvalue weighted by atomic mass is 19.1. The lowest BCUT2D eigenvalue weighted by Gasteiger charge is -2.32. The van der Waals surface area contributed by atoms with Crippen molar-refractivity contribution in [2.24, 2.45) is 5.73 Å². The second-order valence-corrected chi connectivity index (χ2v) is 5.12. The molecular weight excluding hydrogens is 205 g/mol. The standard InChI is InChI=1S/C13H18FNO/c1-12(2,15)13(7-8-13)11-9(14)5-4-6-10(11)16-3/h4-6H,7-8,15H2,1-3H3. The van der Waals surface area contributed by atoms with Gasteiger partial charge in [-0.3, -0.25) is 0 Å². The molecule has 0 atom stereocenters. The fourth-order valence-electron chi connectivity index (χ4n) is 2.48. The lowest BCUT2D eigenvalue weighted by atomic mass is 9.78. The average Bonchev–Trinajstić information content (AvgIpc) is 2.97. The molecular formula is C13H18FNO. The third kappa shape index (κ3) is 1.50. The van der Waals surface area contributed by atoms with Crippen molar-refractivity contribution in [3.63, 3.8) is 0 Å². The zero-order valence-electron chi connectivity index (χ0n) is 10.0. The molecule has 0 aliphatic heterocycles. The monoisotopic (exact) mass is 223 g/mol. The third-order valence-corrected chi connectivity index (χ3v) is 3.66. The Bertz CT molecular complexity index is 405. The van der Waals surface area contributed by atoms with E-state index in [2.05, 4.69) is 0 Å². The van der Waals surface area contributed by atoms with E-state index in [-0.39, 0.29) is 11.2 Å². The summed E-state index contributed by atoms with van der Waals surface area (Å²) in [6.07, 6.45) is 1.85. The Kier molecular flexibility index (Phi) is 2.46. The molecule has 0 aromatic heterocycles. The zero-order chi connectivity index (χ0) is 12.0. The summed E-state index contributed by atoms with van der Waals surface area (Å²) >= 11 is 0. The largest absolute Gasteiger partial charge is 0.496 e. The van der Waals surface area contributed by atoms with Gasteiger partial charge in [-0.25, -0.2) is 4.39 Å². The first-order valence-electron chi connectivity index (χ1n) is 5.54. The molecule has 0 unspecified atom stereocenters. The molecule has 1 aromatic rings. The van der Waals surface area contributed by atoms with Gasteiger partial charge in [0.2, 0.25) is 0 Å². The third-order valence-electron chi connectivity index (χ3n) is 3.66. The summed E-state index contributed by atoms with van der Waals surface area (Å²) in [4.78, 5) is 0. The molecule has 0 amide bonds. The van der Waals surface area contributed by atoms with Gasteiger partial charge >= 0.3 is 0 Å². The SMILES string of the molecule is COc1cccc(F)c1C1(C(C)(C)N)CC1. The molecule has 16 heavy (non-hydrogen) atoms. The van der Waals surface area contributed by atoms with Gasteiger partial charge in [0.1, 0.15) is 11.6 Å². The highest BCUT2D eigenvalue weighted by molar-refractivity contribution is 5.47. The Morgan fingerprint density at radius 2 is 2.00 bits per heavy atom. The van der Waals surface area contributed by atoms with Crippen LogP contribution in [0.25, 0.3) is 0 Å². The van der Waals surface area contributed by atoms with Gasteiger partial charge in [0.25, 0.3) is 0 Å². The van der Waals surface area contributed by atoms with Crippen LogP contribution in [0.3, 0.4) is 0 Å². The first-order valence-corrected chi connectivity index (χ1v) is 5.54. The number of benzene rings is 1. The number of rotatable bonds is 3. The lowest BCUT2D eigenvalue weighted by Crippen LogP contribution is -2.45. The van der Waals surface area contributed by atoms with Crippen LogP contribution in [0.5, 0.6) is 5.75 Å². The molecule has 1 saturated carbocycles. The highest BCUT2D eigenvalue weighted by Gasteiger charge is 2.56. The van der Waals surface area contributed by atoms with Gasteiger partial charge in [0.15, 0.2) is 0 Å². The van der Waals surface area contributed by atoms with Crippen LogP contribution in [0.1, 0.15) is 32.3 Å². The molecule has 1 fully saturated rings. The molecule has 0 heterocycles. The Balaban J connectivity index is 2.56. The van der Waals surface area contributed by atoms with Crippen LogP contribution in [-0.4, -0.2) is 12.6 Å². The molecule has 0 spiro atoms. The quantitative estimate of drug-likeness (QED) is 0.854. The van der Waals surface area contributed by atoms with Crippen molar-refractivity contribution in [3.05, 3.63) is 29.6 Å². The summed E-state index contributed by atoms with van der Waals surface area (Å²) in [5, 5.41) is 0. The predicted molar refractivity (Wildman–Crippen MR) is 62.1 cm³/mol. The van der Waals surface area contributed by atoms with Crippen LogP contribution in [0.4, 0.5) is 4.39 Å². The Morgan fingerprint density at radius 3 is 2.44 bits per heavy atom. The number of hydrogen-bond donors (Lipinski definition) is 1. The average molecular weight is 223 g/mol. The van der Waals surface area contributed by atoms with E-state index < -0.39 is 5.54 Å². The number of ether oxygens (including phenoxy) is 1. The van der Waals surface area contributed by atoms with E-state index >= 15 is 0 Å². The van der Waals surface area contributed by atoms with Crippen molar-refractivity contribution in [2.45, 2.75) is 37.6 Å². The molecule has 1 aromatic carbocycles. The van der Waals surface area contributed by atoms with Crippen molar-refractivity contribution < 1.29 is 9.13 Å². The van der Waals surface area contributed by atoms with Crippen molar-refractivity contribution in [3.8, 4) is 5.75 Å². The zero-order valence-corrected chi connectivity index (χ0v) is 10.0. The molecule has 1 aliphatic rings. The van der Waals surface area contributed by atoms with Gasteiger partial charge in [-0.15, -0.1) is 0 Å². The fraction of sp³-hybridized carbons (Fsp3) is 0.538. The predicted octanol–water partition coefficient (Wildman–Crippen LogP) is 2.60. The van der Waals surface area contributed by atoms with Crippen molar-refractivity contribution in [2.75, 3.05) is 7.11 Å². The first kappa shape index (κ1) is 11.4. The lowest BCUT2D eigenvalue weighted by molar-refractivity contribution is 0.347. The molecule has 0 radical (unpaired) electrons. The van der Waals surface area contributed by atoms with Gasteiger partial charge < -0.3 is 10.5 Å². The molecule has 1 aliphatic carbocycles. The number of hydrogen-bond acceptors (Lipinski definition) is 2. The second-order valence-electron chi connectivity index (χ2n) is 5.12.